The molecule has 1 atom stereocenters. The van der Waals surface area contributed by atoms with Crippen LogP contribution in [0.4, 0.5) is 10.5 Å². The van der Waals surface area contributed by atoms with Crippen LogP contribution in [0.15, 0.2) is 42.5 Å². The zero-order valence-electron chi connectivity index (χ0n) is 15.5. The zero-order chi connectivity index (χ0) is 18.7. The number of methoxy groups -OCH3 is 3. The van der Waals surface area contributed by atoms with Crippen LogP contribution in [-0.2, 0) is 11.2 Å². The summed E-state index contributed by atoms with van der Waals surface area (Å²) in [5, 5.41) is 0. The van der Waals surface area contributed by atoms with Crippen molar-refractivity contribution >= 4 is 17.9 Å². The first-order chi connectivity index (χ1) is 12.6. The predicted octanol–water partition coefficient (Wildman–Crippen LogP) is 4.22. The first-order valence-corrected chi connectivity index (χ1v) is 8.44. The molecule has 26 heavy (non-hydrogen) atoms. The van der Waals surface area contributed by atoms with Crippen LogP contribution < -0.4 is 14.4 Å². The number of carbonyl (C=O) groups is 1. The van der Waals surface area contributed by atoms with Gasteiger partial charge in [-0.3, -0.25) is 4.90 Å². The predicted molar refractivity (Wildman–Crippen MR) is 102 cm³/mol. The lowest BCUT2D eigenvalue weighted by atomic mass is 9.96. The van der Waals surface area contributed by atoms with E-state index in [2.05, 4.69) is 12.1 Å². The Bertz CT molecular complexity index is 844. The lowest BCUT2D eigenvalue weighted by Gasteiger charge is -2.33. The van der Waals surface area contributed by atoms with Gasteiger partial charge >= 0.3 is 6.09 Å². The molecule has 5 nitrogen and oxygen atoms in total. The standard InChI is InChI=1S/C21H23NO4/c1-14-5-9-18-16(11-14)7-8-17(22(18)21(23)26-4)12-15-6-10-19(24-2)20(13-15)25-3/h5-11,13,17H,12H2,1-4H3. The van der Waals surface area contributed by atoms with Crippen LogP contribution in [0.1, 0.15) is 16.7 Å². The second-order valence-corrected chi connectivity index (χ2v) is 6.22. The van der Waals surface area contributed by atoms with Crippen molar-refractivity contribution in [2.75, 3.05) is 26.2 Å². The van der Waals surface area contributed by atoms with Gasteiger partial charge in [0.2, 0.25) is 0 Å². The number of benzene rings is 2. The van der Waals surface area contributed by atoms with Crippen molar-refractivity contribution in [1.82, 2.24) is 0 Å². The molecule has 0 radical (unpaired) electrons. The molecule has 0 fully saturated rings. The quantitative estimate of drug-likeness (QED) is 0.826. The number of amides is 1. The van der Waals surface area contributed by atoms with Gasteiger partial charge in [0.05, 0.1) is 33.1 Å². The minimum Gasteiger partial charge on any atom is -0.493 e. The smallest absolute Gasteiger partial charge is 0.414 e. The Morgan fingerprint density at radius 2 is 1.81 bits per heavy atom. The van der Waals surface area contributed by atoms with E-state index in [0.29, 0.717) is 17.9 Å². The van der Waals surface area contributed by atoms with Crippen LogP contribution >= 0.6 is 0 Å². The molecule has 3 rings (SSSR count). The third-order valence-corrected chi connectivity index (χ3v) is 4.54. The van der Waals surface area contributed by atoms with Gasteiger partial charge < -0.3 is 14.2 Å². The second kappa shape index (κ2) is 7.52. The molecule has 1 aliphatic rings. The number of nitrogens with zero attached hydrogens (tertiary/aromatic N) is 1. The van der Waals surface area contributed by atoms with E-state index >= 15 is 0 Å². The van der Waals surface area contributed by atoms with Crippen LogP contribution in [0.3, 0.4) is 0 Å². The summed E-state index contributed by atoms with van der Waals surface area (Å²) in [6.07, 6.45) is 4.37. The van der Waals surface area contributed by atoms with Gasteiger partial charge in [0.25, 0.3) is 0 Å². The van der Waals surface area contributed by atoms with E-state index in [1.807, 2.05) is 43.3 Å². The fraction of sp³-hybridized carbons (Fsp3) is 0.286. The highest BCUT2D eigenvalue weighted by Crippen LogP contribution is 2.33. The van der Waals surface area contributed by atoms with Gasteiger partial charge in [0.1, 0.15) is 0 Å². The highest BCUT2D eigenvalue weighted by Gasteiger charge is 2.29. The highest BCUT2D eigenvalue weighted by atomic mass is 16.5. The minimum absolute atomic E-state index is 0.143. The summed E-state index contributed by atoms with van der Waals surface area (Å²) in [6, 6.07) is 11.7. The summed E-state index contributed by atoms with van der Waals surface area (Å²) in [4.78, 5) is 14.2. The van der Waals surface area contributed by atoms with Crippen LogP contribution in [0, 0.1) is 6.92 Å². The molecule has 0 N–H and O–H groups in total. The molecular formula is C21H23NO4. The number of fused-ring (bicyclic) bond motifs is 1. The maximum absolute atomic E-state index is 12.5. The molecule has 0 aliphatic carbocycles. The number of ether oxygens (including phenoxy) is 3. The van der Waals surface area contributed by atoms with E-state index in [9.17, 15) is 4.79 Å². The Hall–Kier alpha value is -2.95. The van der Waals surface area contributed by atoms with Gasteiger partial charge in [-0.05, 0) is 48.7 Å². The van der Waals surface area contributed by atoms with Crippen molar-refractivity contribution in [2.45, 2.75) is 19.4 Å². The summed E-state index contributed by atoms with van der Waals surface area (Å²) in [5.41, 5.74) is 4.06. The summed E-state index contributed by atoms with van der Waals surface area (Å²) < 4.78 is 15.7. The lowest BCUT2D eigenvalue weighted by Crippen LogP contribution is -2.42. The van der Waals surface area contributed by atoms with E-state index in [1.54, 1.807) is 19.1 Å². The van der Waals surface area contributed by atoms with E-state index in [1.165, 1.54) is 7.11 Å². The molecule has 1 unspecified atom stereocenters. The molecule has 5 heteroatoms. The zero-order valence-corrected chi connectivity index (χ0v) is 15.5. The van der Waals surface area contributed by atoms with Gasteiger partial charge in [-0.2, -0.15) is 0 Å². The van der Waals surface area contributed by atoms with E-state index in [-0.39, 0.29) is 12.1 Å². The summed E-state index contributed by atoms with van der Waals surface area (Å²) >= 11 is 0. The molecule has 136 valence electrons. The molecular weight excluding hydrogens is 330 g/mol. The molecule has 0 aromatic heterocycles. The Kier molecular flexibility index (Phi) is 5.16. The van der Waals surface area contributed by atoms with E-state index in [0.717, 1.165) is 22.4 Å². The summed E-state index contributed by atoms with van der Waals surface area (Å²) in [7, 11) is 4.63. The van der Waals surface area contributed by atoms with Gasteiger partial charge in [0.15, 0.2) is 11.5 Å². The van der Waals surface area contributed by atoms with Crippen molar-refractivity contribution in [3.05, 3.63) is 59.2 Å². The summed E-state index contributed by atoms with van der Waals surface area (Å²) in [5.74, 6) is 1.35. The molecule has 0 bridgehead atoms. The van der Waals surface area contributed by atoms with Gasteiger partial charge in [-0.15, -0.1) is 0 Å². The van der Waals surface area contributed by atoms with Crippen LogP contribution in [-0.4, -0.2) is 33.5 Å². The largest absolute Gasteiger partial charge is 0.493 e. The third-order valence-electron chi connectivity index (χ3n) is 4.54. The maximum Gasteiger partial charge on any atom is 0.414 e. The van der Waals surface area contributed by atoms with Gasteiger partial charge in [-0.25, -0.2) is 4.79 Å². The lowest BCUT2D eigenvalue weighted by molar-refractivity contribution is 0.177. The monoisotopic (exact) mass is 353 g/mol. The van der Waals surface area contributed by atoms with E-state index < -0.39 is 0 Å². The molecule has 2 aromatic carbocycles. The Morgan fingerprint density at radius 3 is 2.50 bits per heavy atom. The Morgan fingerprint density at radius 1 is 1.04 bits per heavy atom. The molecule has 0 saturated carbocycles. The topological polar surface area (TPSA) is 48.0 Å². The number of hydrogen-bond acceptors (Lipinski definition) is 4. The fourth-order valence-electron chi connectivity index (χ4n) is 3.25. The normalized spacial score (nSPS) is 15.4. The average Bonchev–Trinajstić information content (AvgIpc) is 2.67. The Balaban J connectivity index is 1.94. The van der Waals surface area contributed by atoms with Crippen LogP contribution in [0.5, 0.6) is 11.5 Å². The van der Waals surface area contributed by atoms with Gasteiger partial charge in [-0.1, -0.05) is 29.8 Å². The number of hydrogen-bond donors (Lipinski definition) is 0. The molecule has 0 spiro atoms. The minimum atomic E-state index is -0.370. The number of carbonyl (C=O) groups excluding carboxylic acids is 1. The number of aryl methyl sites for hydroxylation is 1. The van der Waals surface area contributed by atoms with Gasteiger partial charge in [0, 0.05) is 0 Å². The van der Waals surface area contributed by atoms with E-state index in [4.69, 9.17) is 14.2 Å². The second-order valence-electron chi connectivity index (χ2n) is 6.22. The van der Waals surface area contributed by atoms with Crippen LogP contribution in [0.25, 0.3) is 6.08 Å². The maximum atomic E-state index is 12.5. The van der Waals surface area contributed by atoms with Crippen molar-refractivity contribution in [3.8, 4) is 11.5 Å². The van der Waals surface area contributed by atoms with Crippen molar-refractivity contribution in [2.24, 2.45) is 0 Å². The molecule has 2 aromatic rings. The first-order valence-electron chi connectivity index (χ1n) is 8.44. The van der Waals surface area contributed by atoms with Crippen molar-refractivity contribution in [1.29, 1.82) is 0 Å². The van der Waals surface area contributed by atoms with Crippen LogP contribution in [0.2, 0.25) is 0 Å². The summed E-state index contributed by atoms with van der Waals surface area (Å²) in [6.45, 7) is 2.03. The average molecular weight is 353 g/mol. The molecule has 1 amide bonds. The Labute approximate surface area is 153 Å². The fourth-order valence-corrected chi connectivity index (χ4v) is 3.25. The molecule has 1 heterocycles. The first kappa shape index (κ1) is 17.9. The van der Waals surface area contributed by atoms with Crippen molar-refractivity contribution < 1.29 is 19.0 Å². The SMILES string of the molecule is COC(=O)N1c2ccc(C)cc2C=CC1Cc1ccc(OC)c(OC)c1. The molecule has 0 saturated heterocycles. The van der Waals surface area contributed by atoms with Crippen molar-refractivity contribution in [3.63, 3.8) is 0 Å². The number of anilines is 1. The molecule has 1 aliphatic heterocycles. The third kappa shape index (κ3) is 3.38. The highest BCUT2D eigenvalue weighted by molar-refractivity contribution is 5.93. The number of rotatable bonds is 4.